The van der Waals surface area contributed by atoms with Crippen molar-refractivity contribution >= 4 is 39.4 Å². The standard InChI is InChI=1S/C11H8BrClN4O/c12-8-3-1-7(2-4-8)5-14-16-9-6-15-17-11(18)10(9)13/h1-6H,(H2,16,17,18)/b14-5-. The highest BCUT2D eigenvalue weighted by Gasteiger charge is 2.02. The first-order chi connectivity index (χ1) is 8.66. The zero-order chi connectivity index (χ0) is 13.0. The molecule has 0 aliphatic rings. The summed E-state index contributed by atoms with van der Waals surface area (Å²) >= 11 is 9.11. The lowest BCUT2D eigenvalue weighted by atomic mass is 10.2. The number of hydrogen-bond donors (Lipinski definition) is 2. The molecule has 18 heavy (non-hydrogen) atoms. The van der Waals surface area contributed by atoms with Gasteiger partial charge in [0.1, 0.15) is 10.7 Å². The van der Waals surface area contributed by atoms with Crippen LogP contribution in [0.15, 0.2) is 44.8 Å². The summed E-state index contributed by atoms with van der Waals surface area (Å²) < 4.78 is 0.995. The first-order valence-electron chi connectivity index (χ1n) is 4.94. The molecular formula is C11H8BrClN4O. The van der Waals surface area contributed by atoms with Gasteiger partial charge < -0.3 is 0 Å². The fourth-order valence-corrected chi connectivity index (χ4v) is 1.58. The number of hydrazone groups is 1. The van der Waals surface area contributed by atoms with Gasteiger partial charge in [0.05, 0.1) is 12.4 Å². The summed E-state index contributed by atoms with van der Waals surface area (Å²) in [6, 6.07) is 7.60. The lowest BCUT2D eigenvalue weighted by Gasteiger charge is -2.00. The number of hydrogen-bond acceptors (Lipinski definition) is 4. The second-order valence-corrected chi connectivity index (χ2v) is 4.64. The highest BCUT2D eigenvalue weighted by atomic mass is 79.9. The van der Waals surface area contributed by atoms with Crippen LogP contribution in [0.25, 0.3) is 0 Å². The van der Waals surface area contributed by atoms with E-state index in [9.17, 15) is 4.79 Å². The van der Waals surface area contributed by atoms with Crippen molar-refractivity contribution in [3.8, 4) is 0 Å². The van der Waals surface area contributed by atoms with Crippen molar-refractivity contribution in [1.29, 1.82) is 0 Å². The van der Waals surface area contributed by atoms with Crippen molar-refractivity contribution in [3.63, 3.8) is 0 Å². The molecule has 1 aromatic carbocycles. The maximum absolute atomic E-state index is 11.2. The van der Waals surface area contributed by atoms with Gasteiger partial charge in [-0.25, -0.2) is 5.10 Å². The van der Waals surface area contributed by atoms with Crippen LogP contribution in [0.2, 0.25) is 5.02 Å². The molecule has 0 fully saturated rings. The number of rotatable bonds is 3. The minimum Gasteiger partial charge on any atom is -0.275 e. The quantitative estimate of drug-likeness (QED) is 0.672. The van der Waals surface area contributed by atoms with E-state index in [0.717, 1.165) is 10.0 Å². The summed E-state index contributed by atoms with van der Waals surface area (Å²) in [5, 5.41) is 9.84. The minimum absolute atomic E-state index is 0.0259. The monoisotopic (exact) mass is 326 g/mol. The molecule has 0 unspecified atom stereocenters. The molecule has 2 N–H and O–H groups in total. The number of nitrogens with one attached hydrogen (secondary N) is 2. The van der Waals surface area contributed by atoms with Crippen LogP contribution in [-0.2, 0) is 0 Å². The average Bonchev–Trinajstić information content (AvgIpc) is 2.37. The molecule has 0 atom stereocenters. The largest absolute Gasteiger partial charge is 0.285 e. The van der Waals surface area contributed by atoms with E-state index >= 15 is 0 Å². The molecule has 5 nitrogen and oxygen atoms in total. The van der Waals surface area contributed by atoms with Crippen LogP contribution in [0, 0.1) is 0 Å². The van der Waals surface area contributed by atoms with Gasteiger partial charge in [-0.1, -0.05) is 39.7 Å². The number of nitrogens with zero attached hydrogens (tertiary/aromatic N) is 2. The third kappa shape index (κ3) is 3.18. The van der Waals surface area contributed by atoms with Gasteiger partial charge in [-0.2, -0.15) is 10.2 Å². The van der Waals surface area contributed by atoms with Crippen LogP contribution in [0.4, 0.5) is 5.69 Å². The summed E-state index contributed by atoms with van der Waals surface area (Å²) in [4.78, 5) is 11.2. The molecule has 0 bridgehead atoms. The highest BCUT2D eigenvalue weighted by Crippen LogP contribution is 2.14. The van der Waals surface area contributed by atoms with Crippen molar-refractivity contribution in [1.82, 2.24) is 10.2 Å². The van der Waals surface area contributed by atoms with Crippen molar-refractivity contribution in [2.75, 3.05) is 5.43 Å². The topological polar surface area (TPSA) is 70.1 Å². The molecule has 92 valence electrons. The van der Waals surface area contributed by atoms with Gasteiger partial charge in [0, 0.05) is 4.47 Å². The molecule has 2 aromatic rings. The molecule has 1 heterocycles. The first kappa shape index (κ1) is 12.8. The Morgan fingerprint density at radius 2 is 2.11 bits per heavy atom. The van der Waals surface area contributed by atoms with E-state index in [0.29, 0.717) is 5.69 Å². The van der Waals surface area contributed by atoms with E-state index in [4.69, 9.17) is 11.6 Å². The van der Waals surface area contributed by atoms with Gasteiger partial charge in [-0.3, -0.25) is 10.2 Å². The summed E-state index contributed by atoms with van der Waals surface area (Å²) in [7, 11) is 0. The van der Waals surface area contributed by atoms with Gasteiger partial charge in [-0.15, -0.1) is 0 Å². The second kappa shape index (κ2) is 5.79. The summed E-state index contributed by atoms with van der Waals surface area (Å²) in [5.41, 5.74) is 3.47. The smallest absolute Gasteiger partial charge is 0.275 e. The third-order valence-corrected chi connectivity index (χ3v) is 2.97. The van der Waals surface area contributed by atoms with Gasteiger partial charge in [-0.05, 0) is 17.7 Å². The third-order valence-electron chi connectivity index (χ3n) is 2.06. The van der Waals surface area contributed by atoms with Crippen molar-refractivity contribution in [2.45, 2.75) is 0 Å². The Morgan fingerprint density at radius 1 is 1.39 bits per heavy atom. The summed E-state index contributed by atoms with van der Waals surface area (Å²) in [6.45, 7) is 0. The van der Waals surface area contributed by atoms with Crippen LogP contribution >= 0.6 is 27.5 Å². The van der Waals surface area contributed by atoms with Crippen molar-refractivity contribution in [2.24, 2.45) is 5.10 Å². The average molecular weight is 328 g/mol. The van der Waals surface area contributed by atoms with E-state index in [1.165, 1.54) is 6.20 Å². The van der Waals surface area contributed by atoms with E-state index in [-0.39, 0.29) is 5.02 Å². The molecule has 7 heteroatoms. The van der Waals surface area contributed by atoms with Crippen LogP contribution in [0.3, 0.4) is 0 Å². The van der Waals surface area contributed by atoms with Gasteiger partial charge in [0.2, 0.25) is 0 Å². The Hall–Kier alpha value is -1.66. The molecule has 0 aliphatic carbocycles. The number of halogens is 2. The first-order valence-corrected chi connectivity index (χ1v) is 6.12. The predicted molar refractivity (Wildman–Crippen MR) is 75.2 cm³/mol. The van der Waals surface area contributed by atoms with E-state index in [2.05, 4.69) is 36.7 Å². The zero-order valence-electron chi connectivity index (χ0n) is 9.02. The van der Waals surface area contributed by atoms with Crippen molar-refractivity contribution < 1.29 is 0 Å². The molecule has 0 aliphatic heterocycles. The van der Waals surface area contributed by atoms with Gasteiger partial charge in [0.15, 0.2) is 0 Å². The minimum atomic E-state index is -0.458. The molecule has 0 amide bonds. The number of anilines is 1. The van der Waals surface area contributed by atoms with Crippen LogP contribution in [0.1, 0.15) is 5.56 Å². The lowest BCUT2D eigenvalue weighted by Crippen LogP contribution is -2.10. The fourth-order valence-electron chi connectivity index (χ4n) is 1.19. The molecule has 0 radical (unpaired) electrons. The number of H-pyrrole nitrogens is 1. The van der Waals surface area contributed by atoms with E-state index in [1.807, 2.05) is 24.3 Å². The summed E-state index contributed by atoms with van der Waals surface area (Å²) in [5.74, 6) is 0. The zero-order valence-corrected chi connectivity index (χ0v) is 11.4. The molecule has 0 saturated carbocycles. The molecule has 0 saturated heterocycles. The van der Waals surface area contributed by atoms with Gasteiger partial charge in [0.25, 0.3) is 5.56 Å². The fraction of sp³-hybridized carbons (Fsp3) is 0. The van der Waals surface area contributed by atoms with Crippen molar-refractivity contribution in [3.05, 3.63) is 55.9 Å². The predicted octanol–water partition coefficient (Wildman–Crippen LogP) is 2.63. The molecule has 1 aromatic heterocycles. The number of aromatic nitrogens is 2. The number of benzene rings is 1. The lowest BCUT2D eigenvalue weighted by molar-refractivity contribution is 0.987. The van der Waals surface area contributed by atoms with Crippen LogP contribution in [-0.4, -0.2) is 16.4 Å². The van der Waals surface area contributed by atoms with Crippen LogP contribution in [0.5, 0.6) is 0 Å². The number of aromatic amines is 1. The van der Waals surface area contributed by atoms with Gasteiger partial charge >= 0.3 is 0 Å². The maximum Gasteiger partial charge on any atom is 0.285 e. The van der Waals surface area contributed by atoms with Crippen LogP contribution < -0.4 is 11.0 Å². The Bertz CT molecular complexity index is 624. The second-order valence-electron chi connectivity index (χ2n) is 3.35. The van der Waals surface area contributed by atoms with E-state index in [1.54, 1.807) is 6.21 Å². The summed E-state index contributed by atoms with van der Waals surface area (Å²) in [6.07, 6.45) is 3.01. The Labute approximate surface area is 116 Å². The van der Waals surface area contributed by atoms with E-state index < -0.39 is 5.56 Å². The molecular weight excluding hydrogens is 320 g/mol. The molecule has 0 spiro atoms. The molecule has 2 rings (SSSR count). The SMILES string of the molecule is O=c1[nH]ncc(N/N=C\c2ccc(Br)cc2)c1Cl. The Balaban J connectivity index is 2.09. The Kier molecular flexibility index (Phi) is 4.11. The highest BCUT2D eigenvalue weighted by molar-refractivity contribution is 9.10. The maximum atomic E-state index is 11.2. The Morgan fingerprint density at radius 3 is 2.83 bits per heavy atom. The normalized spacial score (nSPS) is 10.8.